The minimum atomic E-state index is -3.65. The van der Waals surface area contributed by atoms with Crippen molar-refractivity contribution in [1.29, 1.82) is 0 Å². The van der Waals surface area contributed by atoms with E-state index in [1.165, 1.54) is 12.6 Å². The third-order valence-corrected chi connectivity index (χ3v) is 4.42. The van der Waals surface area contributed by atoms with Gasteiger partial charge >= 0.3 is 0 Å². The number of hydrogen-bond acceptors (Lipinski definition) is 5. The molecular formula is C13H12N4O3S. The summed E-state index contributed by atoms with van der Waals surface area (Å²) in [7, 11) is -3.65. The van der Waals surface area contributed by atoms with Crippen LogP contribution in [0.5, 0.6) is 0 Å². The van der Waals surface area contributed by atoms with Gasteiger partial charge in [0.05, 0.1) is 18.1 Å². The zero-order valence-electron chi connectivity index (χ0n) is 11.1. The number of aromatic nitrogens is 3. The molecule has 8 heteroatoms. The summed E-state index contributed by atoms with van der Waals surface area (Å²) in [6, 6.07) is 6.82. The molecule has 3 rings (SSSR count). The highest BCUT2D eigenvalue weighted by atomic mass is 32.2. The predicted molar refractivity (Wildman–Crippen MR) is 76.1 cm³/mol. The molecule has 0 radical (unpaired) electrons. The molecule has 0 spiro atoms. The van der Waals surface area contributed by atoms with Crippen molar-refractivity contribution in [3.8, 4) is 11.3 Å². The van der Waals surface area contributed by atoms with Gasteiger partial charge in [0.2, 0.25) is 0 Å². The number of oxazole rings is 1. The molecule has 0 aliphatic heterocycles. The number of rotatable bonds is 4. The fraction of sp³-hybridized carbons (Fsp3) is 0.0769. The number of H-pyrrole nitrogens is 1. The molecule has 0 saturated heterocycles. The fourth-order valence-corrected chi connectivity index (χ4v) is 3.08. The molecule has 21 heavy (non-hydrogen) atoms. The Balaban J connectivity index is 1.84. The van der Waals surface area contributed by atoms with Crippen molar-refractivity contribution in [2.45, 2.75) is 11.8 Å². The average molecular weight is 304 g/mol. The van der Waals surface area contributed by atoms with Gasteiger partial charge in [0.15, 0.2) is 12.2 Å². The van der Waals surface area contributed by atoms with Gasteiger partial charge in [-0.1, -0.05) is 0 Å². The maximum Gasteiger partial charge on any atom is 0.265 e. The van der Waals surface area contributed by atoms with Gasteiger partial charge in [-0.25, -0.2) is 13.4 Å². The SMILES string of the molecule is Cc1[nH]ncc1S(=O)(=O)Nc1ccc(-c2cnco2)cc1. The summed E-state index contributed by atoms with van der Waals surface area (Å²) in [5.74, 6) is 0.620. The van der Waals surface area contributed by atoms with Crippen LogP contribution in [-0.4, -0.2) is 23.6 Å². The van der Waals surface area contributed by atoms with Crippen molar-refractivity contribution in [1.82, 2.24) is 15.2 Å². The topological polar surface area (TPSA) is 101 Å². The summed E-state index contributed by atoms with van der Waals surface area (Å²) in [4.78, 5) is 3.96. The lowest BCUT2D eigenvalue weighted by molar-refractivity contribution is 0.572. The van der Waals surface area contributed by atoms with E-state index in [2.05, 4.69) is 19.9 Å². The van der Waals surface area contributed by atoms with E-state index < -0.39 is 10.0 Å². The second-order valence-electron chi connectivity index (χ2n) is 4.41. The van der Waals surface area contributed by atoms with E-state index in [0.717, 1.165) is 5.56 Å². The van der Waals surface area contributed by atoms with Gasteiger partial charge in [-0.3, -0.25) is 9.82 Å². The highest BCUT2D eigenvalue weighted by molar-refractivity contribution is 7.92. The van der Waals surface area contributed by atoms with Crippen LogP contribution in [0, 0.1) is 6.92 Å². The first-order chi connectivity index (χ1) is 10.1. The van der Waals surface area contributed by atoms with E-state index in [4.69, 9.17) is 4.42 Å². The van der Waals surface area contributed by atoms with Crippen molar-refractivity contribution in [2.75, 3.05) is 4.72 Å². The minimum Gasteiger partial charge on any atom is -0.444 e. The van der Waals surface area contributed by atoms with Gasteiger partial charge in [-0.15, -0.1) is 0 Å². The standard InChI is InChI=1S/C13H12N4O3S/c1-9-13(7-15-16-9)21(18,19)17-11-4-2-10(3-5-11)12-6-14-8-20-12/h2-8,17H,1H3,(H,15,16). The summed E-state index contributed by atoms with van der Waals surface area (Å²) >= 11 is 0. The molecule has 0 unspecified atom stereocenters. The van der Waals surface area contributed by atoms with Crippen molar-refractivity contribution in [3.63, 3.8) is 0 Å². The Hall–Kier alpha value is -2.61. The summed E-state index contributed by atoms with van der Waals surface area (Å²) in [6.07, 6.45) is 4.21. The van der Waals surface area contributed by atoms with Gasteiger partial charge < -0.3 is 4.42 Å². The normalized spacial score (nSPS) is 11.5. The Morgan fingerprint density at radius 2 is 1.95 bits per heavy atom. The number of aryl methyl sites for hydroxylation is 1. The zero-order chi connectivity index (χ0) is 14.9. The quantitative estimate of drug-likeness (QED) is 0.769. The minimum absolute atomic E-state index is 0.127. The van der Waals surface area contributed by atoms with Gasteiger partial charge in [0.1, 0.15) is 4.90 Å². The van der Waals surface area contributed by atoms with Crippen molar-refractivity contribution < 1.29 is 12.8 Å². The van der Waals surface area contributed by atoms with Crippen molar-refractivity contribution in [3.05, 3.63) is 48.7 Å². The number of nitrogens with zero attached hydrogens (tertiary/aromatic N) is 2. The molecule has 0 aliphatic carbocycles. The third kappa shape index (κ3) is 2.65. The smallest absolute Gasteiger partial charge is 0.265 e. The van der Waals surface area contributed by atoms with Crippen LogP contribution in [0.25, 0.3) is 11.3 Å². The number of sulfonamides is 1. The van der Waals surface area contributed by atoms with Crippen molar-refractivity contribution >= 4 is 15.7 Å². The molecule has 2 heterocycles. The molecule has 0 amide bonds. The van der Waals surface area contributed by atoms with Crippen molar-refractivity contribution in [2.24, 2.45) is 0 Å². The lowest BCUT2D eigenvalue weighted by Gasteiger charge is -2.07. The Morgan fingerprint density at radius 1 is 1.19 bits per heavy atom. The van der Waals surface area contributed by atoms with Crippen LogP contribution >= 0.6 is 0 Å². The lowest BCUT2D eigenvalue weighted by atomic mass is 10.2. The Labute approximate surface area is 121 Å². The van der Waals surface area contributed by atoms with Gasteiger partial charge in [-0.05, 0) is 31.2 Å². The first-order valence-electron chi connectivity index (χ1n) is 6.08. The Kier molecular flexibility index (Phi) is 3.22. The second kappa shape index (κ2) is 5.06. The van der Waals surface area contributed by atoms with Gasteiger partial charge in [0.25, 0.3) is 10.0 Å². The largest absolute Gasteiger partial charge is 0.444 e. The summed E-state index contributed by atoms with van der Waals surface area (Å²) in [5.41, 5.74) is 1.76. The fourth-order valence-electron chi connectivity index (χ4n) is 1.88. The number of benzene rings is 1. The number of nitrogens with one attached hydrogen (secondary N) is 2. The van der Waals surface area contributed by atoms with Crippen LogP contribution in [0.2, 0.25) is 0 Å². The molecule has 0 fully saturated rings. The van der Waals surface area contributed by atoms with Crippen LogP contribution in [0.15, 0.2) is 52.4 Å². The van der Waals surface area contributed by atoms with Gasteiger partial charge in [-0.2, -0.15) is 5.10 Å². The molecular weight excluding hydrogens is 292 g/mol. The van der Waals surface area contributed by atoms with E-state index in [-0.39, 0.29) is 4.90 Å². The second-order valence-corrected chi connectivity index (χ2v) is 6.06. The highest BCUT2D eigenvalue weighted by Crippen LogP contribution is 2.22. The summed E-state index contributed by atoms with van der Waals surface area (Å²) in [6.45, 7) is 1.65. The van der Waals surface area contributed by atoms with Crippen LogP contribution in [0.1, 0.15) is 5.69 Å². The zero-order valence-corrected chi connectivity index (χ0v) is 11.9. The summed E-state index contributed by atoms with van der Waals surface area (Å²) < 4.78 is 32.1. The van der Waals surface area contributed by atoms with E-state index in [1.807, 2.05) is 0 Å². The third-order valence-electron chi connectivity index (χ3n) is 2.93. The van der Waals surface area contributed by atoms with E-state index in [1.54, 1.807) is 37.4 Å². The number of anilines is 1. The van der Waals surface area contributed by atoms with Crippen LogP contribution in [0.4, 0.5) is 5.69 Å². The molecule has 108 valence electrons. The van der Waals surface area contributed by atoms with Gasteiger partial charge in [0, 0.05) is 11.3 Å². The van der Waals surface area contributed by atoms with E-state index in [9.17, 15) is 8.42 Å². The number of aromatic amines is 1. The molecule has 0 saturated carbocycles. The molecule has 0 aliphatic rings. The molecule has 0 bridgehead atoms. The van der Waals surface area contributed by atoms with E-state index in [0.29, 0.717) is 17.1 Å². The summed E-state index contributed by atoms with van der Waals surface area (Å²) in [5, 5.41) is 6.31. The monoisotopic (exact) mass is 304 g/mol. The average Bonchev–Trinajstić information content (AvgIpc) is 3.10. The molecule has 3 aromatic rings. The Bertz CT molecular complexity index is 836. The first-order valence-corrected chi connectivity index (χ1v) is 7.56. The molecule has 2 N–H and O–H groups in total. The molecule has 2 aromatic heterocycles. The highest BCUT2D eigenvalue weighted by Gasteiger charge is 2.18. The predicted octanol–water partition coefficient (Wildman–Crippen LogP) is 2.17. The van der Waals surface area contributed by atoms with Crippen LogP contribution in [0.3, 0.4) is 0 Å². The first kappa shape index (κ1) is 13.4. The lowest BCUT2D eigenvalue weighted by Crippen LogP contribution is -2.13. The van der Waals surface area contributed by atoms with Crippen LogP contribution < -0.4 is 4.72 Å². The molecule has 7 nitrogen and oxygen atoms in total. The van der Waals surface area contributed by atoms with Crippen LogP contribution in [-0.2, 0) is 10.0 Å². The molecule has 0 atom stereocenters. The maximum absolute atomic E-state index is 12.2. The van der Waals surface area contributed by atoms with E-state index >= 15 is 0 Å². The Morgan fingerprint density at radius 3 is 2.52 bits per heavy atom. The number of hydrogen-bond donors (Lipinski definition) is 2. The maximum atomic E-state index is 12.2. The molecule has 1 aromatic carbocycles.